The van der Waals surface area contributed by atoms with E-state index in [-0.39, 0.29) is 5.41 Å². The number of hydrogen-bond donors (Lipinski definition) is 0. The Morgan fingerprint density at radius 2 is 1.41 bits per heavy atom. The zero-order valence-corrected chi connectivity index (χ0v) is 24.6. The van der Waals surface area contributed by atoms with E-state index in [1.54, 1.807) is 13.3 Å². The van der Waals surface area contributed by atoms with Crippen LogP contribution >= 0.6 is 0 Å². The van der Waals surface area contributed by atoms with Crippen molar-refractivity contribution in [2.24, 2.45) is 0 Å². The van der Waals surface area contributed by atoms with E-state index in [0.29, 0.717) is 0 Å². The van der Waals surface area contributed by atoms with Gasteiger partial charge in [-0.1, -0.05) is 0 Å². The molecule has 0 aromatic carbocycles. The van der Waals surface area contributed by atoms with Crippen LogP contribution in [0.25, 0.3) is 0 Å². The molecular formula is C25H48NOSiSn. The Hall–Kier alpha value is -0.0344. The molecule has 4 heteroatoms. The van der Waals surface area contributed by atoms with Crippen LogP contribution in [-0.2, 0) is 11.8 Å². The molecular weight excluding hydrogens is 477 g/mol. The zero-order chi connectivity index (χ0) is 21.9. The molecule has 1 radical (unpaired) electrons. The zero-order valence-electron chi connectivity index (χ0n) is 20.8. The number of aromatic nitrogens is 1. The summed E-state index contributed by atoms with van der Waals surface area (Å²) >= 11 is -2.14. The molecule has 0 aliphatic rings. The summed E-state index contributed by atoms with van der Waals surface area (Å²) in [5.74, 6) is 1.13. The molecule has 0 aliphatic heterocycles. The van der Waals surface area contributed by atoms with Crippen LogP contribution in [0.4, 0.5) is 0 Å². The molecule has 167 valence electrons. The number of rotatable bonds is 14. The minimum absolute atomic E-state index is 0.0946. The van der Waals surface area contributed by atoms with Crippen molar-refractivity contribution in [3.8, 4) is 5.75 Å². The molecule has 2 nitrogen and oxygen atoms in total. The molecule has 0 unspecified atom stereocenters. The molecule has 0 N–H and O–H groups in total. The minimum atomic E-state index is -2.14. The Morgan fingerprint density at radius 3 is 1.83 bits per heavy atom. The molecule has 0 fully saturated rings. The van der Waals surface area contributed by atoms with Gasteiger partial charge in [-0.15, -0.1) is 0 Å². The van der Waals surface area contributed by atoms with Gasteiger partial charge in [0.2, 0.25) is 0 Å². The van der Waals surface area contributed by atoms with Gasteiger partial charge in [0, 0.05) is 0 Å². The monoisotopic (exact) mass is 526 g/mol. The fraction of sp³-hybridized carbons (Fsp3) is 0.800. The number of nitrogens with zero attached hydrogens (tertiary/aromatic N) is 1. The van der Waals surface area contributed by atoms with E-state index in [9.17, 15) is 0 Å². The van der Waals surface area contributed by atoms with E-state index >= 15 is 0 Å². The van der Waals surface area contributed by atoms with Crippen LogP contribution in [0.15, 0.2) is 12.3 Å². The summed E-state index contributed by atoms with van der Waals surface area (Å²) in [7, 11) is -0.808. The average Bonchev–Trinajstić information content (AvgIpc) is 2.66. The first-order valence-electron chi connectivity index (χ1n) is 12.2. The van der Waals surface area contributed by atoms with Gasteiger partial charge in [-0.25, -0.2) is 0 Å². The first-order valence-corrected chi connectivity index (χ1v) is 22.6. The summed E-state index contributed by atoms with van der Waals surface area (Å²) in [6.07, 6.45) is 11.5. The van der Waals surface area contributed by atoms with Crippen molar-refractivity contribution >= 4 is 27.4 Å². The van der Waals surface area contributed by atoms with Gasteiger partial charge in [0.05, 0.1) is 0 Å². The first-order chi connectivity index (χ1) is 13.7. The number of hydrogen-bond acceptors (Lipinski definition) is 2. The molecule has 29 heavy (non-hydrogen) atoms. The molecule has 1 rings (SSSR count). The second-order valence-electron chi connectivity index (χ2n) is 10.2. The van der Waals surface area contributed by atoms with Crippen molar-refractivity contribution < 1.29 is 4.43 Å². The molecule has 1 aromatic rings. The third kappa shape index (κ3) is 9.33. The van der Waals surface area contributed by atoms with Gasteiger partial charge in [0.1, 0.15) is 0 Å². The quantitative estimate of drug-likeness (QED) is 0.228. The third-order valence-corrected chi connectivity index (χ3v) is 22.6. The van der Waals surface area contributed by atoms with E-state index < -0.39 is 27.4 Å². The number of unbranched alkanes of at least 4 members (excludes halogenated alkanes) is 3. The van der Waals surface area contributed by atoms with Gasteiger partial charge in [0.15, 0.2) is 0 Å². The average molecular weight is 525 g/mol. The van der Waals surface area contributed by atoms with Gasteiger partial charge in [0.25, 0.3) is 0 Å². The van der Waals surface area contributed by atoms with Crippen molar-refractivity contribution in [2.75, 3.05) is 0 Å². The summed E-state index contributed by atoms with van der Waals surface area (Å²) < 4.78 is 12.7. The predicted molar refractivity (Wildman–Crippen MR) is 134 cm³/mol. The molecule has 1 aromatic heterocycles. The van der Waals surface area contributed by atoms with Gasteiger partial charge < -0.3 is 0 Å². The fourth-order valence-electron chi connectivity index (χ4n) is 4.37. The molecule has 0 saturated heterocycles. The van der Waals surface area contributed by atoms with E-state index in [1.165, 1.54) is 54.2 Å². The Kier molecular flexibility index (Phi) is 12.5. The molecule has 0 atom stereocenters. The van der Waals surface area contributed by atoms with E-state index in [0.717, 1.165) is 12.2 Å². The maximum atomic E-state index is 6.47. The summed E-state index contributed by atoms with van der Waals surface area (Å²) in [6.45, 7) is 18.5. The molecule has 0 spiro atoms. The van der Waals surface area contributed by atoms with Crippen molar-refractivity contribution in [3.05, 3.63) is 23.5 Å². The summed E-state index contributed by atoms with van der Waals surface area (Å²) in [6, 6.07) is 2.19. The van der Waals surface area contributed by atoms with Crippen molar-refractivity contribution in [1.29, 1.82) is 0 Å². The SMILES string of the molecule is CCC[CH2][Sn]([CH2]CCC)([CH2]CCC)[CH2]Cc1nccc(C(C)(C)C)c1O[Si](C)C. The molecule has 0 bridgehead atoms. The van der Waals surface area contributed by atoms with Crippen LogP contribution in [-0.4, -0.2) is 32.4 Å². The topological polar surface area (TPSA) is 22.1 Å². The molecule has 0 aliphatic carbocycles. The van der Waals surface area contributed by atoms with Crippen molar-refractivity contribution in [2.45, 2.75) is 123 Å². The predicted octanol–water partition coefficient (Wildman–Crippen LogP) is 8.40. The van der Waals surface area contributed by atoms with Gasteiger partial charge in [-0.05, 0) is 0 Å². The Balaban J connectivity index is 3.18. The second kappa shape index (κ2) is 13.4. The normalized spacial score (nSPS) is 12.6. The van der Waals surface area contributed by atoms with Gasteiger partial charge >= 0.3 is 189 Å². The fourth-order valence-corrected chi connectivity index (χ4v) is 20.9. The molecule has 1 heterocycles. The summed E-state index contributed by atoms with van der Waals surface area (Å²) in [5.41, 5.74) is 2.68. The van der Waals surface area contributed by atoms with Crippen LogP contribution in [0.2, 0.25) is 30.8 Å². The van der Waals surface area contributed by atoms with Gasteiger partial charge in [-0.3, -0.25) is 0 Å². The molecule has 0 saturated carbocycles. The summed E-state index contributed by atoms with van der Waals surface area (Å²) in [4.78, 5) is 4.87. The number of aryl methyl sites for hydroxylation is 1. The summed E-state index contributed by atoms with van der Waals surface area (Å²) in [5, 5.41) is 0. The third-order valence-electron chi connectivity index (χ3n) is 6.17. The Labute approximate surface area is 188 Å². The van der Waals surface area contributed by atoms with E-state index in [2.05, 4.69) is 60.7 Å². The van der Waals surface area contributed by atoms with Gasteiger partial charge in [-0.2, -0.15) is 0 Å². The Bertz CT molecular complexity index is 561. The van der Waals surface area contributed by atoms with Crippen LogP contribution in [0.3, 0.4) is 0 Å². The van der Waals surface area contributed by atoms with Crippen LogP contribution in [0.1, 0.15) is 91.3 Å². The van der Waals surface area contributed by atoms with Crippen molar-refractivity contribution in [1.82, 2.24) is 4.98 Å². The van der Waals surface area contributed by atoms with E-state index in [4.69, 9.17) is 9.41 Å². The Morgan fingerprint density at radius 1 is 0.897 bits per heavy atom. The number of pyridine rings is 1. The van der Waals surface area contributed by atoms with Crippen LogP contribution < -0.4 is 4.43 Å². The van der Waals surface area contributed by atoms with E-state index in [1.807, 2.05) is 6.20 Å². The second-order valence-corrected chi connectivity index (χ2v) is 26.5. The van der Waals surface area contributed by atoms with Crippen LogP contribution in [0.5, 0.6) is 5.75 Å². The van der Waals surface area contributed by atoms with Crippen LogP contribution in [0, 0.1) is 0 Å². The first kappa shape index (κ1) is 27.0. The molecule has 0 amide bonds. The standard InChI is InChI=1S/C13H21NOSi.3C4H9.Sn/c1-7-11-12(15-16(5)6)10(8-9-14-11)13(2,3)4;3*1-3-4-2;/h8-9H,1,7H2,2-6H3;3*1,3-4H2,2H3;. The van der Waals surface area contributed by atoms with Crippen molar-refractivity contribution in [3.63, 3.8) is 0 Å². The maximum absolute atomic E-state index is 6.47.